The Morgan fingerprint density at radius 2 is 2.06 bits per heavy atom. The molecular weight excluding hydrogens is 228 g/mol. The zero-order valence-corrected chi connectivity index (χ0v) is 11.8. The average Bonchev–Trinajstić information content (AvgIpc) is 2.32. The SMILES string of the molecule is COc1c(C)cnc(CC(=O)C(C)C(C)N)c1C. The molecule has 1 aromatic rings. The Labute approximate surface area is 109 Å². The molecule has 4 heteroatoms. The number of aryl methyl sites for hydroxylation is 1. The van der Waals surface area contributed by atoms with Crippen molar-refractivity contribution < 1.29 is 9.53 Å². The highest BCUT2D eigenvalue weighted by atomic mass is 16.5. The lowest BCUT2D eigenvalue weighted by atomic mass is 9.94. The van der Waals surface area contributed by atoms with E-state index < -0.39 is 0 Å². The van der Waals surface area contributed by atoms with Crippen molar-refractivity contribution in [1.29, 1.82) is 0 Å². The zero-order valence-electron chi connectivity index (χ0n) is 11.8. The normalized spacial score (nSPS) is 14.1. The number of aromatic nitrogens is 1. The van der Waals surface area contributed by atoms with Crippen LogP contribution in [0.3, 0.4) is 0 Å². The van der Waals surface area contributed by atoms with Crippen LogP contribution in [-0.2, 0) is 11.2 Å². The Hall–Kier alpha value is -1.42. The molecule has 0 aliphatic carbocycles. The number of pyridine rings is 1. The van der Waals surface area contributed by atoms with E-state index in [0.717, 1.165) is 22.6 Å². The number of carbonyl (C=O) groups is 1. The summed E-state index contributed by atoms with van der Waals surface area (Å²) in [6.07, 6.45) is 2.05. The number of ether oxygens (including phenoxy) is 1. The molecule has 2 N–H and O–H groups in total. The fraction of sp³-hybridized carbons (Fsp3) is 0.571. The Balaban J connectivity index is 2.96. The van der Waals surface area contributed by atoms with E-state index in [9.17, 15) is 4.79 Å². The minimum atomic E-state index is -0.154. The van der Waals surface area contributed by atoms with E-state index in [1.807, 2.05) is 27.7 Å². The number of nitrogens with two attached hydrogens (primary N) is 1. The average molecular weight is 250 g/mol. The van der Waals surface area contributed by atoms with Gasteiger partial charge >= 0.3 is 0 Å². The second kappa shape index (κ2) is 5.96. The molecule has 2 unspecified atom stereocenters. The highest BCUT2D eigenvalue weighted by molar-refractivity contribution is 5.83. The molecule has 0 aliphatic rings. The molecule has 0 fully saturated rings. The lowest BCUT2D eigenvalue weighted by Gasteiger charge is -2.16. The van der Waals surface area contributed by atoms with Gasteiger partial charge in [-0.15, -0.1) is 0 Å². The van der Waals surface area contributed by atoms with Gasteiger partial charge in [-0.2, -0.15) is 0 Å². The third-order valence-electron chi connectivity index (χ3n) is 3.39. The quantitative estimate of drug-likeness (QED) is 0.865. The predicted molar refractivity (Wildman–Crippen MR) is 71.8 cm³/mol. The van der Waals surface area contributed by atoms with Gasteiger partial charge in [0, 0.05) is 35.7 Å². The van der Waals surface area contributed by atoms with Crippen LogP contribution in [0.15, 0.2) is 6.20 Å². The first-order valence-corrected chi connectivity index (χ1v) is 6.15. The number of hydrogen-bond donors (Lipinski definition) is 1. The number of hydrogen-bond acceptors (Lipinski definition) is 4. The topological polar surface area (TPSA) is 65.2 Å². The first kappa shape index (κ1) is 14.6. The molecule has 1 aromatic heterocycles. The van der Waals surface area contributed by atoms with Crippen molar-refractivity contribution in [3.8, 4) is 5.75 Å². The van der Waals surface area contributed by atoms with Gasteiger partial charge in [0.15, 0.2) is 0 Å². The van der Waals surface area contributed by atoms with E-state index in [2.05, 4.69) is 4.98 Å². The molecule has 0 aliphatic heterocycles. The monoisotopic (exact) mass is 250 g/mol. The fourth-order valence-corrected chi connectivity index (χ4v) is 1.87. The van der Waals surface area contributed by atoms with Crippen LogP contribution in [0.5, 0.6) is 5.75 Å². The molecule has 0 aromatic carbocycles. The van der Waals surface area contributed by atoms with E-state index in [-0.39, 0.29) is 17.7 Å². The van der Waals surface area contributed by atoms with Crippen LogP contribution >= 0.6 is 0 Å². The van der Waals surface area contributed by atoms with E-state index in [0.29, 0.717) is 6.42 Å². The van der Waals surface area contributed by atoms with Crippen molar-refractivity contribution in [2.75, 3.05) is 7.11 Å². The van der Waals surface area contributed by atoms with E-state index in [4.69, 9.17) is 10.5 Å². The molecule has 0 amide bonds. The van der Waals surface area contributed by atoms with Gasteiger partial charge in [0.2, 0.25) is 0 Å². The number of rotatable bonds is 5. The maximum atomic E-state index is 12.0. The molecule has 1 rings (SSSR count). The molecular formula is C14H22N2O2. The van der Waals surface area contributed by atoms with Gasteiger partial charge in [0.05, 0.1) is 12.8 Å². The second-order valence-corrected chi connectivity index (χ2v) is 4.84. The molecule has 4 nitrogen and oxygen atoms in total. The lowest BCUT2D eigenvalue weighted by Crippen LogP contribution is -2.31. The van der Waals surface area contributed by atoms with Crippen LogP contribution < -0.4 is 10.5 Å². The van der Waals surface area contributed by atoms with Gasteiger partial charge in [-0.3, -0.25) is 9.78 Å². The van der Waals surface area contributed by atoms with E-state index >= 15 is 0 Å². The van der Waals surface area contributed by atoms with Crippen molar-refractivity contribution >= 4 is 5.78 Å². The number of ketones is 1. The highest BCUT2D eigenvalue weighted by Gasteiger charge is 2.20. The lowest BCUT2D eigenvalue weighted by molar-refractivity contribution is -0.122. The van der Waals surface area contributed by atoms with Crippen LogP contribution in [0.25, 0.3) is 0 Å². The van der Waals surface area contributed by atoms with Gasteiger partial charge in [-0.25, -0.2) is 0 Å². The predicted octanol–water partition coefficient (Wildman–Crippen LogP) is 1.80. The highest BCUT2D eigenvalue weighted by Crippen LogP contribution is 2.24. The molecule has 18 heavy (non-hydrogen) atoms. The van der Waals surface area contributed by atoms with Crippen LogP contribution in [0, 0.1) is 19.8 Å². The fourth-order valence-electron chi connectivity index (χ4n) is 1.87. The van der Waals surface area contributed by atoms with Crippen molar-refractivity contribution in [1.82, 2.24) is 4.98 Å². The van der Waals surface area contributed by atoms with E-state index in [1.165, 1.54) is 0 Å². The summed E-state index contributed by atoms with van der Waals surface area (Å²) in [6.45, 7) is 7.57. The van der Waals surface area contributed by atoms with Gasteiger partial charge in [0.1, 0.15) is 11.5 Å². The third kappa shape index (κ3) is 3.07. The molecule has 0 spiro atoms. The maximum Gasteiger partial charge on any atom is 0.143 e. The second-order valence-electron chi connectivity index (χ2n) is 4.84. The Bertz CT molecular complexity index is 442. The minimum Gasteiger partial charge on any atom is -0.496 e. The number of carbonyl (C=O) groups excluding carboxylic acids is 1. The summed E-state index contributed by atoms with van der Waals surface area (Å²) in [7, 11) is 1.63. The summed E-state index contributed by atoms with van der Waals surface area (Å²) in [5, 5.41) is 0. The molecule has 2 atom stereocenters. The summed E-state index contributed by atoms with van der Waals surface area (Å²) in [6, 6.07) is -0.134. The molecule has 0 bridgehead atoms. The molecule has 1 heterocycles. The van der Waals surface area contributed by atoms with Gasteiger partial charge in [-0.05, 0) is 20.8 Å². The van der Waals surface area contributed by atoms with Crippen molar-refractivity contribution in [3.05, 3.63) is 23.0 Å². The third-order valence-corrected chi connectivity index (χ3v) is 3.39. The smallest absolute Gasteiger partial charge is 0.143 e. The summed E-state index contributed by atoms with van der Waals surface area (Å²) in [4.78, 5) is 16.4. The maximum absolute atomic E-state index is 12.0. The minimum absolute atomic E-state index is 0.117. The molecule has 0 saturated heterocycles. The first-order chi connectivity index (χ1) is 8.38. The number of Topliss-reactive ketones (excluding diaryl/α,β-unsaturated/α-hetero) is 1. The van der Waals surface area contributed by atoms with E-state index in [1.54, 1.807) is 13.3 Å². The Kier molecular flexibility index (Phi) is 4.84. The summed E-state index contributed by atoms with van der Waals surface area (Å²) < 4.78 is 5.33. The van der Waals surface area contributed by atoms with Crippen LogP contribution in [0.4, 0.5) is 0 Å². The van der Waals surface area contributed by atoms with Crippen LogP contribution in [-0.4, -0.2) is 23.9 Å². The first-order valence-electron chi connectivity index (χ1n) is 6.15. The largest absolute Gasteiger partial charge is 0.496 e. The molecule has 0 radical (unpaired) electrons. The van der Waals surface area contributed by atoms with Crippen molar-refractivity contribution in [2.24, 2.45) is 11.7 Å². The standard InChI is InChI=1S/C14H22N2O2/c1-8-7-16-12(10(3)14(8)18-5)6-13(17)9(2)11(4)15/h7,9,11H,6,15H2,1-5H3. The summed E-state index contributed by atoms with van der Waals surface area (Å²) in [5.74, 6) is 0.770. The molecule has 100 valence electrons. The van der Waals surface area contributed by atoms with Gasteiger partial charge in [-0.1, -0.05) is 6.92 Å². The summed E-state index contributed by atoms with van der Waals surface area (Å²) in [5.41, 5.74) is 8.43. The van der Waals surface area contributed by atoms with Crippen LogP contribution in [0.1, 0.15) is 30.7 Å². The Morgan fingerprint density at radius 3 is 2.56 bits per heavy atom. The van der Waals surface area contributed by atoms with Crippen molar-refractivity contribution in [2.45, 2.75) is 40.2 Å². The number of methoxy groups -OCH3 is 1. The van der Waals surface area contributed by atoms with Gasteiger partial charge < -0.3 is 10.5 Å². The van der Waals surface area contributed by atoms with Crippen LogP contribution in [0.2, 0.25) is 0 Å². The summed E-state index contributed by atoms with van der Waals surface area (Å²) >= 11 is 0. The molecule has 0 saturated carbocycles. The number of nitrogens with zero attached hydrogens (tertiary/aromatic N) is 1. The van der Waals surface area contributed by atoms with Crippen molar-refractivity contribution in [3.63, 3.8) is 0 Å². The zero-order chi connectivity index (χ0) is 13.9. The van der Waals surface area contributed by atoms with Gasteiger partial charge in [0.25, 0.3) is 0 Å². The Morgan fingerprint density at radius 1 is 1.44 bits per heavy atom.